The number of nitrogens with zero attached hydrogens (tertiary/aromatic N) is 3. The fraction of sp³-hybridized carbons (Fsp3) is 0.450. The molecule has 0 spiro atoms. The van der Waals surface area contributed by atoms with Crippen molar-refractivity contribution in [3.8, 4) is 0 Å². The number of fused-ring (bicyclic) bond motifs is 1. The van der Waals surface area contributed by atoms with Gasteiger partial charge in [0.25, 0.3) is 0 Å². The highest BCUT2D eigenvalue weighted by Crippen LogP contribution is 2.23. The highest BCUT2D eigenvalue weighted by Gasteiger charge is 2.30. The first-order chi connectivity index (χ1) is 13.0. The van der Waals surface area contributed by atoms with E-state index in [1.165, 1.54) is 4.31 Å². The molecule has 0 N–H and O–H groups in total. The molecule has 0 saturated carbocycles. The maximum absolute atomic E-state index is 13.0. The molecule has 2 aliphatic heterocycles. The van der Waals surface area contributed by atoms with Crippen LogP contribution in [0.4, 0.5) is 0 Å². The number of amides is 1. The Morgan fingerprint density at radius 2 is 1.52 bits per heavy atom. The second-order valence-corrected chi connectivity index (χ2v) is 9.22. The quantitative estimate of drug-likeness (QED) is 0.802. The number of piperazine rings is 1. The van der Waals surface area contributed by atoms with Gasteiger partial charge >= 0.3 is 0 Å². The Bertz CT molecular complexity index is 930. The molecule has 0 radical (unpaired) electrons. The summed E-state index contributed by atoms with van der Waals surface area (Å²) in [6, 6.07) is 13.0. The SMILES string of the molecule is O=C(CN1CCCC1)N1CCN(S(=O)(=O)c2ccc3ccccc3c2)CC1. The van der Waals surface area contributed by atoms with Gasteiger partial charge in [-0.3, -0.25) is 9.69 Å². The van der Waals surface area contributed by atoms with Crippen LogP contribution in [-0.4, -0.2) is 74.2 Å². The molecule has 144 valence electrons. The van der Waals surface area contributed by atoms with E-state index in [1.807, 2.05) is 30.3 Å². The molecule has 0 unspecified atom stereocenters. The first-order valence-electron chi connectivity index (χ1n) is 9.53. The van der Waals surface area contributed by atoms with Gasteiger partial charge in [-0.05, 0) is 48.8 Å². The summed E-state index contributed by atoms with van der Waals surface area (Å²) in [6.45, 7) is 4.04. The Morgan fingerprint density at radius 1 is 0.852 bits per heavy atom. The van der Waals surface area contributed by atoms with Gasteiger partial charge in [0.2, 0.25) is 15.9 Å². The van der Waals surface area contributed by atoms with Gasteiger partial charge in [-0.1, -0.05) is 30.3 Å². The van der Waals surface area contributed by atoms with E-state index in [9.17, 15) is 13.2 Å². The van der Waals surface area contributed by atoms with E-state index in [2.05, 4.69) is 4.90 Å². The zero-order valence-corrected chi connectivity index (χ0v) is 16.2. The summed E-state index contributed by atoms with van der Waals surface area (Å²) in [4.78, 5) is 16.7. The van der Waals surface area contributed by atoms with Crippen molar-refractivity contribution in [2.45, 2.75) is 17.7 Å². The lowest BCUT2D eigenvalue weighted by atomic mass is 10.1. The standard InChI is InChI=1S/C20H25N3O3S/c24-20(16-21-9-3-4-10-21)22-11-13-23(14-12-22)27(25,26)19-8-7-17-5-1-2-6-18(17)15-19/h1-2,5-8,15H,3-4,9-14,16H2. The van der Waals surface area contributed by atoms with Gasteiger partial charge in [-0.2, -0.15) is 4.31 Å². The fourth-order valence-corrected chi connectivity index (χ4v) is 5.34. The lowest BCUT2D eigenvalue weighted by molar-refractivity contribution is -0.133. The van der Waals surface area contributed by atoms with Crippen molar-refractivity contribution in [2.24, 2.45) is 0 Å². The Balaban J connectivity index is 1.42. The monoisotopic (exact) mass is 387 g/mol. The molecule has 0 atom stereocenters. The van der Waals surface area contributed by atoms with Crippen molar-refractivity contribution in [1.82, 2.24) is 14.1 Å². The highest BCUT2D eigenvalue weighted by atomic mass is 32.2. The Kier molecular flexibility index (Phi) is 5.16. The summed E-state index contributed by atoms with van der Waals surface area (Å²) in [7, 11) is -3.54. The third-order valence-electron chi connectivity index (χ3n) is 5.51. The first kappa shape index (κ1) is 18.4. The van der Waals surface area contributed by atoms with Crippen molar-refractivity contribution in [2.75, 3.05) is 45.8 Å². The lowest BCUT2D eigenvalue weighted by Crippen LogP contribution is -2.52. The smallest absolute Gasteiger partial charge is 0.243 e. The van der Waals surface area contributed by atoms with E-state index in [1.54, 1.807) is 17.0 Å². The average Bonchev–Trinajstić information content (AvgIpc) is 3.20. The zero-order valence-electron chi connectivity index (χ0n) is 15.4. The molecule has 2 aromatic rings. The van der Waals surface area contributed by atoms with E-state index in [-0.39, 0.29) is 5.91 Å². The number of rotatable bonds is 4. The van der Waals surface area contributed by atoms with Crippen molar-refractivity contribution >= 4 is 26.7 Å². The van der Waals surface area contributed by atoms with Crippen LogP contribution in [0.5, 0.6) is 0 Å². The van der Waals surface area contributed by atoms with Crippen LogP contribution in [0.15, 0.2) is 47.4 Å². The number of carbonyl (C=O) groups is 1. The normalized spacial score (nSPS) is 19.6. The maximum atomic E-state index is 13.0. The Labute approximate surface area is 160 Å². The fourth-order valence-electron chi connectivity index (χ4n) is 3.89. The van der Waals surface area contributed by atoms with E-state index < -0.39 is 10.0 Å². The molecule has 2 aliphatic rings. The first-order valence-corrected chi connectivity index (χ1v) is 11.0. The zero-order chi connectivity index (χ0) is 18.9. The Morgan fingerprint density at radius 3 is 2.22 bits per heavy atom. The molecule has 2 aromatic carbocycles. The van der Waals surface area contributed by atoms with E-state index in [0.717, 1.165) is 36.7 Å². The third-order valence-corrected chi connectivity index (χ3v) is 7.40. The molecule has 0 bridgehead atoms. The van der Waals surface area contributed by atoms with Crippen molar-refractivity contribution < 1.29 is 13.2 Å². The minimum Gasteiger partial charge on any atom is -0.339 e. The number of hydrogen-bond donors (Lipinski definition) is 0. The minimum atomic E-state index is -3.54. The largest absolute Gasteiger partial charge is 0.339 e. The summed E-state index contributed by atoms with van der Waals surface area (Å²) in [5.74, 6) is 0.111. The summed E-state index contributed by atoms with van der Waals surface area (Å²) in [5.41, 5.74) is 0. The van der Waals surface area contributed by atoms with Crippen LogP contribution in [0.2, 0.25) is 0 Å². The molecule has 2 saturated heterocycles. The van der Waals surface area contributed by atoms with Crippen LogP contribution in [0.3, 0.4) is 0 Å². The second kappa shape index (κ2) is 7.58. The summed E-state index contributed by atoms with van der Waals surface area (Å²) in [5, 5.41) is 1.94. The third kappa shape index (κ3) is 3.85. The van der Waals surface area contributed by atoms with Crippen LogP contribution in [0, 0.1) is 0 Å². The molecular weight excluding hydrogens is 362 g/mol. The van der Waals surface area contributed by atoms with Gasteiger partial charge in [0, 0.05) is 26.2 Å². The van der Waals surface area contributed by atoms with Crippen molar-refractivity contribution in [1.29, 1.82) is 0 Å². The molecule has 1 amide bonds. The van der Waals surface area contributed by atoms with Gasteiger partial charge in [-0.15, -0.1) is 0 Å². The molecule has 0 aromatic heterocycles. The van der Waals surface area contributed by atoms with E-state index >= 15 is 0 Å². The van der Waals surface area contributed by atoms with Crippen molar-refractivity contribution in [3.05, 3.63) is 42.5 Å². The molecule has 0 aliphatic carbocycles. The average molecular weight is 388 g/mol. The van der Waals surface area contributed by atoms with Crippen LogP contribution in [-0.2, 0) is 14.8 Å². The van der Waals surface area contributed by atoms with Crippen LogP contribution in [0.1, 0.15) is 12.8 Å². The molecular formula is C20H25N3O3S. The van der Waals surface area contributed by atoms with Crippen LogP contribution < -0.4 is 0 Å². The topological polar surface area (TPSA) is 60.9 Å². The molecule has 7 heteroatoms. The van der Waals surface area contributed by atoms with Gasteiger partial charge in [0.15, 0.2) is 0 Å². The number of hydrogen-bond acceptors (Lipinski definition) is 4. The molecule has 2 fully saturated rings. The summed E-state index contributed by atoms with van der Waals surface area (Å²) < 4.78 is 27.5. The number of sulfonamides is 1. The minimum absolute atomic E-state index is 0.111. The van der Waals surface area contributed by atoms with Gasteiger partial charge in [0.05, 0.1) is 11.4 Å². The number of carbonyl (C=O) groups excluding carboxylic acids is 1. The molecule has 6 nitrogen and oxygen atoms in total. The summed E-state index contributed by atoms with van der Waals surface area (Å²) >= 11 is 0. The Hall–Kier alpha value is -1.96. The van der Waals surface area contributed by atoms with Crippen LogP contribution >= 0.6 is 0 Å². The predicted octanol–water partition coefficient (Wildman–Crippen LogP) is 1.77. The van der Waals surface area contributed by atoms with Crippen molar-refractivity contribution in [3.63, 3.8) is 0 Å². The molecule has 27 heavy (non-hydrogen) atoms. The molecule has 4 rings (SSSR count). The lowest BCUT2D eigenvalue weighted by Gasteiger charge is -2.34. The molecule has 2 heterocycles. The van der Waals surface area contributed by atoms with Crippen LogP contribution in [0.25, 0.3) is 10.8 Å². The van der Waals surface area contributed by atoms with Gasteiger partial charge < -0.3 is 4.90 Å². The predicted molar refractivity (Wildman–Crippen MR) is 105 cm³/mol. The van der Waals surface area contributed by atoms with E-state index in [4.69, 9.17) is 0 Å². The highest BCUT2D eigenvalue weighted by molar-refractivity contribution is 7.89. The van der Waals surface area contributed by atoms with E-state index in [0.29, 0.717) is 37.6 Å². The number of benzene rings is 2. The summed E-state index contributed by atoms with van der Waals surface area (Å²) in [6.07, 6.45) is 2.32. The maximum Gasteiger partial charge on any atom is 0.243 e. The van der Waals surface area contributed by atoms with Gasteiger partial charge in [0.1, 0.15) is 0 Å². The van der Waals surface area contributed by atoms with Gasteiger partial charge in [-0.25, -0.2) is 8.42 Å². The second-order valence-electron chi connectivity index (χ2n) is 7.28. The number of likely N-dealkylation sites (tertiary alicyclic amines) is 1.